The first-order chi connectivity index (χ1) is 13.6. The maximum atomic E-state index is 11.4. The second-order valence-corrected chi connectivity index (χ2v) is 9.45. The Hall–Kier alpha value is -0.530. The summed E-state index contributed by atoms with van der Waals surface area (Å²) in [5, 5.41) is 9.36. The van der Waals surface area contributed by atoms with Crippen molar-refractivity contribution in [2.24, 2.45) is 11.8 Å². The number of rotatable bonds is 22. The fraction of sp³-hybridized carbons (Fsp3) is 0.962. The molecule has 0 fully saturated rings. The predicted molar refractivity (Wildman–Crippen MR) is 124 cm³/mol. The number of carbonyl (C=O) groups is 1. The topological polar surface area (TPSA) is 37.3 Å². The molecule has 1 atom stereocenters. The summed E-state index contributed by atoms with van der Waals surface area (Å²) in [4.78, 5) is 11.4. The van der Waals surface area contributed by atoms with Gasteiger partial charge in [0.1, 0.15) is 0 Å². The van der Waals surface area contributed by atoms with Crippen LogP contribution in [0.4, 0.5) is 0 Å². The van der Waals surface area contributed by atoms with Gasteiger partial charge in [-0.25, -0.2) is 0 Å². The van der Waals surface area contributed by atoms with Gasteiger partial charge in [-0.3, -0.25) is 4.79 Å². The van der Waals surface area contributed by atoms with Gasteiger partial charge in [0.2, 0.25) is 0 Å². The Morgan fingerprint density at radius 3 is 1.21 bits per heavy atom. The average Bonchev–Trinajstić information content (AvgIpc) is 2.65. The van der Waals surface area contributed by atoms with Crippen LogP contribution in [0.25, 0.3) is 0 Å². The molecule has 28 heavy (non-hydrogen) atoms. The van der Waals surface area contributed by atoms with Crippen LogP contribution in [-0.2, 0) is 4.79 Å². The second kappa shape index (κ2) is 21.2. The lowest BCUT2D eigenvalue weighted by Gasteiger charge is -2.12. The van der Waals surface area contributed by atoms with Gasteiger partial charge in [-0.05, 0) is 18.8 Å². The van der Waals surface area contributed by atoms with E-state index in [-0.39, 0.29) is 5.92 Å². The maximum Gasteiger partial charge on any atom is 0.306 e. The Morgan fingerprint density at radius 1 is 0.571 bits per heavy atom. The average molecular weight is 397 g/mol. The van der Waals surface area contributed by atoms with Crippen LogP contribution in [0.15, 0.2) is 0 Å². The van der Waals surface area contributed by atoms with Crippen LogP contribution in [0.1, 0.15) is 149 Å². The van der Waals surface area contributed by atoms with Gasteiger partial charge in [-0.2, -0.15) is 0 Å². The summed E-state index contributed by atoms with van der Waals surface area (Å²) in [7, 11) is 0. The summed E-state index contributed by atoms with van der Waals surface area (Å²) < 4.78 is 0. The van der Waals surface area contributed by atoms with Crippen molar-refractivity contribution in [2.45, 2.75) is 149 Å². The first-order valence-corrected chi connectivity index (χ1v) is 12.8. The summed E-state index contributed by atoms with van der Waals surface area (Å²) in [6.45, 7) is 6.84. The third-order valence-electron chi connectivity index (χ3n) is 6.09. The lowest BCUT2D eigenvalue weighted by Crippen LogP contribution is -2.13. The highest BCUT2D eigenvalue weighted by Crippen LogP contribution is 2.19. The highest BCUT2D eigenvalue weighted by Gasteiger charge is 2.16. The fourth-order valence-corrected chi connectivity index (χ4v) is 4.10. The molecule has 1 N–H and O–H groups in total. The molecule has 0 amide bonds. The number of aliphatic carboxylic acids is 1. The highest BCUT2D eigenvalue weighted by atomic mass is 16.4. The largest absolute Gasteiger partial charge is 0.481 e. The molecule has 1 unspecified atom stereocenters. The molecule has 0 bridgehead atoms. The van der Waals surface area contributed by atoms with Gasteiger partial charge >= 0.3 is 5.97 Å². The molecule has 0 radical (unpaired) electrons. The van der Waals surface area contributed by atoms with Gasteiger partial charge < -0.3 is 5.11 Å². The van der Waals surface area contributed by atoms with E-state index in [4.69, 9.17) is 0 Å². The third kappa shape index (κ3) is 20.2. The van der Waals surface area contributed by atoms with Crippen LogP contribution < -0.4 is 0 Å². The Labute approximate surface area is 177 Å². The van der Waals surface area contributed by atoms with Gasteiger partial charge in [0, 0.05) is 0 Å². The minimum atomic E-state index is -0.573. The highest BCUT2D eigenvalue weighted by molar-refractivity contribution is 5.69. The smallest absolute Gasteiger partial charge is 0.306 e. The number of carboxylic acids is 1. The van der Waals surface area contributed by atoms with E-state index < -0.39 is 5.97 Å². The Balaban J connectivity index is 3.32. The number of unbranched alkanes of at least 4 members (excludes halogenated alkanes) is 15. The monoisotopic (exact) mass is 396 g/mol. The molecule has 0 aliphatic heterocycles. The molecule has 0 heterocycles. The van der Waals surface area contributed by atoms with Gasteiger partial charge in [-0.1, -0.05) is 136 Å². The molecule has 2 nitrogen and oxygen atoms in total. The number of carboxylic acid groups (broad SMARTS) is 1. The molecular weight excluding hydrogens is 344 g/mol. The lowest BCUT2D eigenvalue weighted by atomic mass is 9.94. The normalized spacial score (nSPS) is 12.6. The van der Waals surface area contributed by atoms with Crippen molar-refractivity contribution in [1.29, 1.82) is 0 Å². The summed E-state index contributed by atoms with van der Waals surface area (Å²) in [6.07, 6.45) is 25.6. The summed E-state index contributed by atoms with van der Waals surface area (Å²) >= 11 is 0. The van der Waals surface area contributed by atoms with E-state index in [9.17, 15) is 9.90 Å². The van der Waals surface area contributed by atoms with Crippen molar-refractivity contribution in [3.05, 3.63) is 0 Å². The molecule has 2 heteroatoms. The van der Waals surface area contributed by atoms with Crippen LogP contribution in [0, 0.1) is 11.8 Å². The van der Waals surface area contributed by atoms with Crippen molar-refractivity contribution < 1.29 is 9.90 Å². The third-order valence-corrected chi connectivity index (χ3v) is 6.09. The molecule has 0 aromatic carbocycles. The minimum absolute atomic E-state index is 0.0952. The molecule has 0 aromatic rings. The fourth-order valence-electron chi connectivity index (χ4n) is 4.10. The number of hydrogen-bond donors (Lipinski definition) is 1. The molecule has 0 spiro atoms. The zero-order valence-corrected chi connectivity index (χ0v) is 19.7. The SMILES string of the molecule is CCCCCCC(CCCCCCCCCCCCCCCC(C)C)C(=O)O. The molecule has 0 aliphatic rings. The molecule has 0 rings (SSSR count). The maximum absolute atomic E-state index is 11.4. The van der Waals surface area contributed by atoms with Gasteiger partial charge in [0.05, 0.1) is 5.92 Å². The van der Waals surface area contributed by atoms with E-state index in [1.165, 1.54) is 103 Å². The standard InChI is InChI=1S/C26H52O2/c1-4-5-6-19-22-25(26(27)28)23-20-17-15-13-11-9-7-8-10-12-14-16-18-21-24(2)3/h24-25H,4-23H2,1-3H3,(H,27,28). The summed E-state index contributed by atoms with van der Waals surface area (Å²) in [6, 6.07) is 0. The van der Waals surface area contributed by atoms with Crippen LogP contribution in [0.2, 0.25) is 0 Å². The van der Waals surface area contributed by atoms with Gasteiger partial charge in [0.15, 0.2) is 0 Å². The van der Waals surface area contributed by atoms with Crippen LogP contribution in [-0.4, -0.2) is 11.1 Å². The zero-order chi connectivity index (χ0) is 20.9. The van der Waals surface area contributed by atoms with E-state index in [0.717, 1.165) is 31.6 Å². The van der Waals surface area contributed by atoms with Gasteiger partial charge in [-0.15, -0.1) is 0 Å². The van der Waals surface area contributed by atoms with Crippen molar-refractivity contribution >= 4 is 5.97 Å². The van der Waals surface area contributed by atoms with Crippen molar-refractivity contribution in [1.82, 2.24) is 0 Å². The van der Waals surface area contributed by atoms with Crippen LogP contribution in [0.3, 0.4) is 0 Å². The summed E-state index contributed by atoms with van der Waals surface area (Å²) in [5.74, 6) is 0.202. The number of hydrogen-bond acceptors (Lipinski definition) is 1. The zero-order valence-electron chi connectivity index (χ0n) is 19.7. The Morgan fingerprint density at radius 2 is 0.893 bits per heavy atom. The van der Waals surface area contributed by atoms with E-state index in [2.05, 4.69) is 20.8 Å². The van der Waals surface area contributed by atoms with Crippen LogP contribution in [0.5, 0.6) is 0 Å². The lowest BCUT2D eigenvalue weighted by molar-refractivity contribution is -0.142. The molecule has 0 aliphatic carbocycles. The predicted octanol–water partition coefficient (Wildman–Crippen LogP) is 9.17. The van der Waals surface area contributed by atoms with E-state index >= 15 is 0 Å². The molecule has 0 saturated heterocycles. The Kier molecular flexibility index (Phi) is 20.8. The quantitative estimate of drug-likeness (QED) is 0.185. The van der Waals surface area contributed by atoms with Crippen LogP contribution >= 0.6 is 0 Å². The van der Waals surface area contributed by atoms with Gasteiger partial charge in [0.25, 0.3) is 0 Å². The molecule has 168 valence electrons. The first kappa shape index (κ1) is 27.5. The van der Waals surface area contributed by atoms with E-state index in [1.807, 2.05) is 0 Å². The summed E-state index contributed by atoms with van der Waals surface area (Å²) in [5.41, 5.74) is 0. The van der Waals surface area contributed by atoms with E-state index in [1.54, 1.807) is 0 Å². The first-order valence-electron chi connectivity index (χ1n) is 12.8. The molecule has 0 saturated carbocycles. The Bertz CT molecular complexity index is 324. The van der Waals surface area contributed by atoms with Crippen molar-refractivity contribution in [2.75, 3.05) is 0 Å². The molecule has 0 aromatic heterocycles. The van der Waals surface area contributed by atoms with Crippen molar-refractivity contribution in [3.8, 4) is 0 Å². The molecular formula is C26H52O2. The van der Waals surface area contributed by atoms with Crippen molar-refractivity contribution in [3.63, 3.8) is 0 Å². The second-order valence-electron chi connectivity index (χ2n) is 9.45. The van der Waals surface area contributed by atoms with E-state index in [0.29, 0.717) is 0 Å². The minimum Gasteiger partial charge on any atom is -0.481 e.